The third-order valence-corrected chi connectivity index (χ3v) is 3.98. The minimum atomic E-state index is -0.983. The maximum Gasteiger partial charge on any atom is 0.250 e. The molecule has 18 heavy (non-hydrogen) atoms. The Kier molecular flexibility index (Phi) is 4.73. The van der Waals surface area contributed by atoms with E-state index < -0.39 is 17.6 Å². The molecule has 3 atom stereocenters. The lowest BCUT2D eigenvalue weighted by Crippen LogP contribution is -2.62. The second kappa shape index (κ2) is 5.69. The second-order valence-electron chi connectivity index (χ2n) is 5.39. The van der Waals surface area contributed by atoms with Crippen molar-refractivity contribution in [1.29, 1.82) is 0 Å². The molecule has 1 fully saturated rings. The van der Waals surface area contributed by atoms with Crippen LogP contribution in [0.5, 0.6) is 0 Å². The Morgan fingerprint density at radius 2 is 2.11 bits per heavy atom. The number of nitrogens with two attached hydrogens (primary N) is 1. The number of carbonyl (C=O) groups excluding carboxylic acids is 2. The minimum Gasteiger partial charge on any atom is -0.368 e. The van der Waals surface area contributed by atoms with Crippen LogP contribution in [0.2, 0.25) is 0 Å². The van der Waals surface area contributed by atoms with E-state index in [1.54, 1.807) is 0 Å². The first kappa shape index (κ1) is 15.0. The molecular weight excluding hydrogens is 232 g/mol. The Balaban J connectivity index is 2.84. The Labute approximate surface area is 108 Å². The van der Waals surface area contributed by atoms with Gasteiger partial charge in [0.15, 0.2) is 0 Å². The Bertz CT molecular complexity index is 330. The normalized spacial score (nSPS) is 26.9. The van der Waals surface area contributed by atoms with E-state index in [0.717, 1.165) is 6.42 Å². The van der Waals surface area contributed by atoms with Crippen LogP contribution in [0.25, 0.3) is 0 Å². The van der Waals surface area contributed by atoms with Crippen LogP contribution in [0.4, 0.5) is 0 Å². The van der Waals surface area contributed by atoms with Crippen LogP contribution in [0.3, 0.4) is 0 Å². The molecule has 0 unspecified atom stereocenters. The molecule has 0 spiro atoms. The number of rotatable bonds is 5. The third kappa shape index (κ3) is 2.66. The van der Waals surface area contributed by atoms with Gasteiger partial charge in [-0.3, -0.25) is 9.59 Å². The predicted octanol–water partition coefficient (Wildman–Crippen LogP) is 0.818. The number of ether oxygens (including phenoxy) is 1. The number of carbonyl (C=O) groups is 2. The maximum atomic E-state index is 12.2. The van der Waals surface area contributed by atoms with E-state index in [-0.39, 0.29) is 17.7 Å². The first-order valence-electron chi connectivity index (χ1n) is 6.58. The second-order valence-corrected chi connectivity index (χ2v) is 5.39. The van der Waals surface area contributed by atoms with E-state index in [4.69, 9.17) is 10.5 Å². The van der Waals surface area contributed by atoms with Gasteiger partial charge in [-0.05, 0) is 24.7 Å². The van der Waals surface area contributed by atoms with Gasteiger partial charge in [0.25, 0.3) is 0 Å². The van der Waals surface area contributed by atoms with E-state index in [0.29, 0.717) is 13.0 Å². The summed E-state index contributed by atoms with van der Waals surface area (Å²) in [5, 5.41) is 2.81. The molecule has 0 bridgehead atoms. The molecular formula is C13H24N2O3. The topological polar surface area (TPSA) is 81.4 Å². The molecule has 1 rings (SSSR count). The average Bonchev–Trinajstić information content (AvgIpc) is 2.71. The van der Waals surface area contributed by atoms with E-state index in [9.17, 15) is 9.59 Å². The molecule has 3 N–H and O–H groups in total. The highest BCUT2D eigenvalue weighted by Gasteiger charge is 2.42. The molecule has 104 valence electrons. The van der Waals surface area contributed by atoms with Crippen LogP contribution in [-0.2, 0) is 14.3 Å². The minimum absolute atomic E-state index is 0.0549. The van der Waals surface area contributed by atoms with Crippen molar-refractivity contribution in [3.05, 3.63) is 0 Å². The molecule has 1 saturated heterocycles. The van der Waals surface area contributed by atoms with E-state index in [2.05, 4.69) is 5.32 Å². The van der Waals surface area contributed by atoms with Gasteiger partial charge in [0.05, 0.1) is 0 Å². The molecule has 0 aromatic heterocycles. The molecule has 1 aliphatic rings. The summed E-state index contributed by atoms with van der Waals surface area (Å²) in [7, 11) is 0. The van der Waals surface area contributed by atoms with Crippen molar-refractivity contribution in [3.63, 3.8) is 0 Å². The smallest absolute Gasteiger partial charge is 0.250 e. The lowest BCUT2D eigenvalue weighted by molar-refractivity contribution is -0.139. The standard InChI is InChI=1S/C13H24N2O3/c1-5-13(8(2)3,12(14)17)15-11(16)10-9(4)6-7-18-10/h8-10H,5-7H2,1-4H3,(H2,14,17)(H,15,16)/t9-,10+,13+/m0/s1. The SMILES string of the molecule is CC[C@](NC(=O)[C@@H]1OCC[C@@H]1C)(C(N)=O)C(C)C. The fraction of sp³-hybridized carbons (Fsp3) is 0.846. The first-order chi connectivity index (χ1) is 8.35. The fourth-order valence-electron chi connectivity index (χ4n) is 2.48. The van der Waals surface area contributed by atoms with Gasteiger partial charge in [-0.25, -0.2) is 0 Å². The van der Waals surface area contributed by atoms with Crippen LogP contribution in [0.15, 0.2) is 0 Å². The summed E-state index contributed by atoms with van der Waals surface area (Å²) >= 11 is 0. The van der Waals surface area contributed by atoms with Crippen molar-refractivity contribution in [1.82, 2.24) is 5.32 Å². The van der Waals surface area contributed by atoms with E-state index in [1.165, 1.54) is 0 Å². The van der Waals surface area contributed by atoms with Gasteiger partial charge >= 0.3 is 0 Å². The molecule has 5 nitrogen and oxygen atoms in total. The highest BCUT2D eigenvalue weighted by Crippen LogP contribution is 2.24. The zero-order valence-electron chi connectivity index (χ0n) is 11.7. The maximum absolute atomic E-state index is 12.2. The molecule has 1 aliphatic heterocycles. The number of amides is 2. The molecule has 0 saturated carbocycles. The molecule has 1 heterocycles. The van der Waals surface area contributed by atoms with Crippen LogP contribution in [-0.4, -0.2) is 30.1 Å². The van der Waals surface area contributed by atoms with Crippen LogP contribution in [0, 0.1) is 11.8 Å². The van der Waals surface area contributed by atoms with Gasteiger partial charge in [-0.1, -0.05) is 27.7 Å². The molecule has 0 aromatic rings. The Morgan fingerprint density at radius 1 is 1.50 bits per heavy atom. The van der Waals surface area contributed by atoms with Crippen molar-refractivity contribution >= 4 is 11.8 Å². The van der Waals surface area contributed by atoms with Crippen LogP contribution in [0.1, 0.15) is 40.5 Å². The largest absolute Gasteiger partial charge is 0.368 e. The molecule has 0 aliphatic carbocycles. The molecule has 2 amide bonds. The van der Waals surface area contributed by atoms with Gasteiger partial charge in [0.1, 0.15) is 11.6 Å². The van der Waals surface area contributed by atoms with Gasteiger partial charge in [0.2, 0.25) is 11.8 Å². The summed E-state index contributed by atoms with van der Waals surface area (Å²) < 4.78 is 5.41. The van der Waals surface area contributed by atoms with Crippen molar-refractivity contribution in [2.45, 2.75) is 52.2 Å². The molecule has 0 aromatic carbocycles. The summed E-state index contributed by atoms with van der Waals surface area (Å²) in [6.45, 7) is 8.19. The quantitative estimate of drug-likeness (QED) is 0.764. The van der Waals surface area contributed by atoms with Gasteiger partial charge in [-0.2, -0.15) is 0 Å². The van der Waals surface area contributed by atoms with E-state index in [1.807, 2.05) is 27.7 Å². The predicted molar refractivity (Wildman–Crippen MR) is 68.7 cm³/mol. The monoisotopic (exact) mass is 256 g/mol. The van der Waals surface area contributed by atoms with Crippen molar-refractivity contribution in [3.8, 4) is 0 Å². The first-order valence-corrected chi connectivity index (χ1v) is 6.58. The zero-order valence-corrected chi connectivity index (χ0v) is 11.7. The van der Waals surface area contributed by atoms with Gasteiger partial charge < -0.3 is 15.8 Å². The summed E-state index contributed by atoms with van der Waals surface area (Å²) in [6, 6.07) is 0. The van der Waals surface area contributed by atoms with Gasteiger partial charge in [0, 0.05) is 6.61 Å². The Morgan fingerprint density at radius 3 is 2.44 bits per heavy atom. The average molecular weight is 256 g/mol. The number of nitrogens with one attached hydrogen (secondary N) is 1. The zero-order chi connectivity index (χ0) is 13.9. The summed E-state index contributed by atoms with van der Waals surface area (Å²) in [5.41, 5.74) is 4.49. The third-order valence-electron chi connectivity index (χ3n) is 3.98. The summed E-state index contributed by atoms with van der Waals surface area (Å²) in [5.74, 6) is -0.589. The van der Waals surface area contributed by atoms with Crippen LogP contribution >= 0.6 is 0 Å². The van der Waals surface area contributed by atoms with E-state index >= 15 is 0 Å². The van der Waals surface area contributed by atoms with Crippen LogP contribution < -0.4 is 11.1 Å². The Hall–Kier alpha value is -1.10. The fourth-order valence-corrected chi connectivity index (χ4v) is 2.48. The van der Waals surface area contributed by atoms with Crippen molar-refractivity contribution < 1.29 is 14.3 Å². The summed E-state index contributed by atoms with van der Waals surface area (Å²) in [4.78, 5) is 23.9. The summed E-state index contributed by atoms with van der Waals surface area (Å²) in [6.07, 6.45) is 0.886. The van der Waals surface area contributed by atoms with Crippen molar-refractivity contribution in [2.24, 2.45) is 17.6 Å². The van der Waals surface area contributed by atoms with Crippen molar-refractivity contribution in [2.75, 3.05) is 6.61 Å². The highest BCUT2D eigenvalue weighted by molar-refractivity contribution is 5.92. The van der Waals surface area contributed by atoms with Gasteiger partial charge in [-0.15, -0.1) is 0 Å². The number of hydrogen-bond donors (Lipinski definition) is 2. The lowest BCUT2D eigenvalue weighted by atomic mass is 9.82. The highest BCUT2D eigenvalue weighted by atomic mass is 16.5. The molecule has 0 radical (unpaired) electrons. The number of hydrogen-bond acceptors (Lipinski definition) is 3. The molecule has 5 heteroatoms. The lowest BCUT2D eigenvalue weighted by Gasteiger charge is -2.35. The number of primary amides is 1.